The molecular weight excluding hydrogens is 471 g/mol. The number of nitrogen functional groups attached to an aromatic ring is 1. The monoisotopic (exact) mass is 506 g/mol. The average Bonchev–Trinajstić information content (AvgIpc) is 2.83. The molecule has 11 nitrogen and oxygen atoms in total. The number of carbonyl (C=O) groups is 1. The first-order chi connectivity index (χ1) is 16.8. The first-order valence-electron chi connectivity index (χ1n) is 11.6. The van der Waals surface area contributed by atoms with Gasteiger partial charge in [0, 0.05) is 27.3 Å². The molecule has 35 heavy (non-hydrogen) atoms. The molecule has 192 valence electrons. The number of hydrogen-bond donors (Lipinski definition) is 2. The van der Waals surface area contributed by atoms with E-state index in [2.05, 4.69) is 46.3 Å². The van der Waals surface area contributed by atoms with Crippen molar-refractivity contribution in [3.8, 4) is 6.01 Å². The van der Waals surface area contributed by atoms with Crippen molar-refractivity contribution in [2.45, 2.75) is 32.9 Å². The summed E-state index contributed by atoms with van der Waals surface area (Å²) in [6.45, 7) is 4.68. The molecule has 0 unspecified atom stereocenters. The molecule has 0 atom stereocenters. The summed E-state index contributed by atoms with van der Waals surface area (Å²) in [5.41, 5.74) is 8.71. The van der Waals surface area contributed by atoms with E-state index in [4.69, 9.17) is 19.5 Å². The highest BCUT2D eigenvalue weighted by Crippen LogP contribution is 2.45. The molecule has 0 saturated heterocycles. The van der Waals surface area contributed by atoms with E-state index in [1.165, 1.54) is 19.8 Å². The maximum Gasteiger partial charge on any atom is 0.333 e. The second-order valence-corrected chi connectivity index (χ2v) is 10.9. The number of benzene rings is 1. The Hall–Kier alpha value is -2.72. The van der Waals surface area contributed by atoms with Gasteiger partial charge in [0.1, 0.15) is 12.3 Å². The molecule has 1 aromatic carbocycles. The Balaban J connectivity index is 1.76. The molecule has 0 bridgehead atoms. The maximum atomic E-state index is 12.4. The number of amides is 1. The van der Waals surface area contributed by atoms with Crippen LogP contribution < -0.4 is 20.7 Å². The van der Waals surface area contributed by atoms with Crippen molar-refractivity contribution in [3.05, 3.63) is 35.4 Å². The fourth-order valence-electron chi connectivity index (χ4n) is 3.79. The minimum absolute atomic E-state index is 0.0110. The minimum atomic E-state index is -3.22. The molecule has 0 fully saturated rings. The van der Waals surface area contributed by atoms with E-state index >= 15 is 0 Å². The van der Waals surface area contributed by atoms with Gasteiger partial charge in [-0.25, -0.2) is 0 Å². The number of nitrogens with two attached hydrogens (primary N) is 1. The number of nitrogens with one attached hydrogen (secondary N) is 1. The van der Waals surface area contributed by atoms with Crippen molar-refractivity contribution in [2.24, 2.45) is 0 Å². The number of unbranched alkanes of at least 4 members (excludes halogenated alkanes) is 1. The number of hydrogen-bond acceptors (Lipinski definition) is 10. The Morgan fingerprint density at radius 1 is 1.23 bits per heavy atom. The zero-order valence-electron chi connectivity index (χ0n) is 20.8. The molecule has 2 aromatic rings. The first kappa shape index (κ1) is 26.9. The second kappa shape index (κ2) is 12.3. The van der Waals surface area contributed by atoms with Gasteiger partial charge >= 0.3 is 13.6 Å². The van der Waals surface area contributed by atoms with Crippen molar-refractivity contribution >= 4 is 30.8 Å². The number of fused-ring (bicyclic) bond motifs is 1. The van der Waals surface area contributed by atoms with Crippen LogP contribution in [0.15, 0.2) is 24.3 Å². The van der Waals surface area contributed by atoms with E-state index in [1.807, 2.05) is 17.0 Å². The predicted octanol–water partition coefficient (Wildman–Crippen LogP) is 3.11. The van der Waals surface area contributed by atoms with Crippen LogP contribution in [-0.2, 0) is 31.5 Å². The van der Waals surface area contributed by atoms with E-state index in [0.717, 1.165) is 31.5 Å². The standard InChI is InChI=1S/C23H35N6O5P/c1-5-6-10-28(2)14-17-8-7-9-18(13-17)15-29-16-19(30)25-20-21(24)26-23(27-22(20)29)34-11-12-35(31,32-3)33-4/h7-9,13H,5-6,10-12,14-16H2,1-4H3,(H,25,30)(H2,24,26,27). The number of rotatable bonds is 13. The number of anilines is 3. The molecule has 0 saturated carbocycles. The number of carbonyl (C=O) groups excluding carboxylic acids is 1. The summed E-state index contributed by atoms with van der Waals surface area (Å²) < 4.78 is 27.7. The van der Waals surface area contributed by atoms with Crippen molar-refractivity contribution < 1.29 is 23.1 Å². The van der Waals surface area contributed by atoms with Gasteiger partial charge in [-0.05, 0) is 31.1 Å². The van der Waals surface area contributed by atoms with Crippen molar-refractivity contribution in [3.63, 3.8) is 0 Å². The average molecular weight is 507 g/mol. The van der Waals surface area contributed by atoms with E-state index < -0.39 is 7.60 Å². The molecule has 1 aromatic heterocycles. The smallest absolute Gasteiger partial charge is 0.333 e. The zero-order chi connectivity index (χ0) is 25.4. The topological polar surface area (TPSA) is 132 Å². The lowest BCUT2D eigenvalue weighted by Gasteiger charge is -2.30. The number of ether oxygens (including phenoxy) is 1. The van der Waals surface area contributed by atoms with E-state index in [-0.39, 0.29) is 37.0 Å². The largest absolute Gasteiger partial charge is 0.463 e. The second-order valence-electron chi connectivity index (χ2n) is 8.45. The molecule has 0 spiro atoms. The molecular formula is C23H35N6O5P. The Kier molecular flexibility index (Phi) is 9.45. The first-order valence-corrected chi connectivity index (χ1v) is 13.3. The summed E-state index contributed by atoms with van der Waals surface area (Å²) in [6.07, 6.45) is 2.35. The third-order valence-corrected chi connectivity index (χ3v) is 7.50. The van der Waals surface area contributed by atoms with Crippen LogP contribution in [0, 0.1) is 0 Å². The number of aromatic nitrogens is 2. The van der Waals surface area contributed by atoms with Gasteiger partial charge in [-0.15, -0.1) is 0 Å². The lowest BCUT2D eigenvalue weighted by molar-refractivity contribution is -0.115. The minimum Gasteiger partial charge on any atom is -0.463 e. The third-order valence-electron chi connectivity index (χ3n) is 5.66. The molecule has 1 amide bonds. The summed E-state index contributed by atoms with van der Waals surface area (Å²) in [5, 5.41) is 2.75. The van der Waals surface area contributed by atoms with Crippen molar-refractivity contribution in [1.82, 2.24) is 14.9 Å². The normalized spacial score (nSPS) is 13.6. The summed E-state index contributed by atoms with van der Waals surface area (Å²) in [4.78, 5) is 25.1. The predicted molar refractivity (Wildman–Crippen MR) is 136 cm³/mol. The lowest BCUT2D eigenvalue weighted by atomic mass is 10.1. The van der Waals surface area contributed by atoms with Crippen LogP contribution >= 0.6 is 7.60 Å². The van der Waals surface area contributed by atoms with Gasteiger partial charge in [-0.3, -0.25) is 9.36 Å². The lowest BCUT2D eigenvalue weighted by Crippen LogP contribution is -2.39. The highest BCUT2D eigenvalue weighted by molar-refractivity contribution is 7.53. The Morgan fingerprint density at radius 3 is 2.69 bits per heavy atom. The van der Waals surface area contributed by atoms with Gasteiger partial charge in [-0.1, -0.05) is 37.6 Å². The SMILES string of the molecule is CCCCN(C)Cc1cccc(CN2CC(=O)Nc3c(N)nc(OCCP(=O)(OC)OC)nc32)c1. The molecule has 2 heterocycles. The van der Waals surface area contributed by atoms with E-state index in [0.29, 0.717) is 18.1 Å². The maximum absolute atomic E-state index is 12.4. The van der Waals surface area contributed by atoms with Crippen LogP contribution in [0.2, 0.25) is 0 Å². The van der Waals surface area contributed by atoms with E-state index in [1.54, 1.807) is 0 Å². The van der Waals surface area contributed by atoms with Crippen LogP contribution in [-0.4, -0.2) is 67.9 Å². The van der Waals surface area contributed by atoms with Crippen LogP contribution in [0.25, 0.3) is 0 Å². The molecule has 0 radical (unpaired) electrons. The van der Waals surface area contributed by atoms with Gasteiger partial charge in [0.2, 0.25) is 5.91 Å². The summed E-state index contributed by atoms with van der Waals surface area (Å²) in [5.74, 6) is 0.369. The van der Waals surface area contributed by atoms with Gasteiger partial charge in [-0.2, -0.15) is 9.97 Å². The van der Waals surface area contributed by atoms with Crippen LogP contribution in [0.5, 0.6) is 6.01 Å². The quantitative estimate of drug-likeness (QED) is 0.391. The fourth-order valence-corrected chi connectivity index (χ4v) is 4.62. The third kappa shape index (κ3) is 7.38. The van der Waals surface area contributed by atoms with Gasteiger partial charge in [0.15, 0.2) is 11.6 Å². The molecule has 0 aliphatic carbocycles. The van der Waals surface area contributed by atoms with Gasteiger partial charge < -0.3 is 34.6 Å². The van der Waals surface area contributed by atoms with Gasteiger partial charge in [0.05, 0.1) is 12.7 Å². The number of nitrogens with zero attached hydrogens (tertiary/aromatic N) is 4. The summed E-state index contributed by atoms with van der Waals surface area (Å²) in [6, 6.07) is 8.32. The molecule has 1 aliphatic rings. The van der Waals surface area contributed by atoms with Crippen LogP contribution in [0.3, 0.4) is 0 Å². The molecule has 12 heteroatoms. The van der Waals surface area contributed by atoms with Crippen LogP contribution in [0.1, 0.15) is 30.9 Å². The van der Waals surface area contributed by atoms with Gasteiger partial charge in [0.25, 0.3) is 0 Å². The molecule has 3 rings (SSSR count). The highest BCUT2D eigenvalue weighted by atomic mass is 31.2. The summed E-state index contributed by atoms with van der Waals surface area (Å²) in [7, 11) is 1.53. The zero-order valence-corrected chi connectivity index (χ0v) is 21.7. The van der Waals surface area contributed by atoms with E-state index in [9.17, 15) is 9.36 Å². The Morgan fingerprint density at radius 2 is 1.97 bits per heavy atom. The molecule has 3 N–H and O–H groups in total. The Bertz CT molecular complexity index is 1060. The fraction of sp³-hybridized carbons (Fsp3) is 0.522. The molecule has 1 aliphatic heterocycles. The van der Waals surface area contributed by atoms with Crippen molar-refractivity contribution in [1.29, 1.82) is 0 Å². The summed E-state index contributed by atoms with van der Waals surface area (Å²) >= 11 is 0. The highest BCUT2D eigenvalue weighted by Gasteiger charge is 2.28. The van der Waals surface area contributed by atoms with Crippen LogP contribution in [0.4, 0.5) is 17.3 Å². The Labute approximate surface area is 206 Å². The van der Waals surface area contributed by atoms with Crippen molar-refractivity contribution in [2.75, 3.05) is 63.1 Å².